The highest BCUT2D eigenvalue weighted by atomic mass is 79.9. The second-order valence-corrected chi connectivity index (χ2v) is 4.40. The standard InChI is InChI=1S/C11H16BrNO2/c1-6-3-7(2)10(13)8(4-6)11(15)9(14)5-12/h3-4,9,11,14-15H,5,13H2,1-2H3. The molecule has 0 aliphatic heterocycles. The highest BCUT2D eigenvalue weighted by Crippen LogP contribution is 2.27. The van der Waals surface area contributed by atoms with Gasteiger partial charge in [0, 0.05) is 16.6 Å². The maximum Gasteiger partial charge on any atom is 0.108 e. The van der Waals surface area contributed by atoms with Crippen LogP contribution in [-0.2, 0) is 0 Å². The van der Waals surface area contributed by atoms with Gasteiger partial charge in [0.25, 0.3) is 0 Å². The molecule has 0 saturated carbocycles. The summed E-state index contributed by atoms with van der Waals surface area (Å²) in [6.45, 7) is 3.82. The lowest BCUT2D eigenvalue weighted by Crippen LogP contribution is -2.21. The number of halogens is 1. The lowest BCUT2D eigenvalue weighted by Gasteiger charge is -2.19. The molecule has 0 aliphatic carbocycles. The van der Waals surface area contributed by atoms with E-state index in [1.165, 1.54) is 0 Å². The predicted molar refractivity (Wildman–Crippen MR) is 65.1 cm³/mol. The number of aliphatic hydroxyl groups excluding tert-OH is 2. The SMILES string of the molecule is Cc1cc(C)c(N)c(C(O)C(O)CBr)c1. The van der Waals surface area contributed by atoms with Crippen molar-refractivity contribution in [3.63, 3.8) is 0 Å². The Balaban J connectivity index is 3.13. The highest BCUT2D eigenvalue weighted by molar-refractivity contribution is 9.09. The topological polar surface area (TPSA) is 66.5 Å². The summed E-state index contributed by atoms with van der Waals surface area (Å²) >= 11 is 3.12. The number of nitrogens with two attached hydrogens (primary N) is 1. The normalized spacial score (nSPS) is 15.0. The quantitative estimate of drug-likeness (QED) is 0.580. The summed E-state index contributed by atoms with van der Waals surface area (Å²) in [6, 6.07) is 3.75. The Morgan fingerprint density at radius 2 is 1.93 bits per heavy atom. The van der Waals surface area contributed by atoms with Crippen molar-refractivity contribution < 1.29 is 10.2 Å². The molecule has 4 N–H and O–H groups in total. The van der Waals surface area contributed by atoms with Gasteiger partial charge < -0.3 is 15.9 Å². The summed E-state index contributed by atoms with van der Waals surface area (Å²) in [5, 5.41) is 19.7. The zero-order chi connectivity index (χ0) is 11.6. The minimum Gasteiger partial charge on any atom is -0.398 e. The molecule has 15 heavy (non-hydrogen) atoms. The van der Waals surface area contributed by atoms with Crippen molar-refractivity contribution in [3.8, 4) is 0 Å². The van der Waals surface area contributed by atoms with Crippen molar-refractivity contribution in [1.82, 2.24) is 0 Å². The van der Waals surface area contributed by atoms with Gasteiger partial charge in [-0.1, -0.05) is 33.6 Å². The van der Waals surface area contributed by atoms with Crippen LogP contribution in [-0.4, -0.2) is 21.6 Å². The molecule has 2 atom stereocenters. The molecule has 1 rings (SSSR count). The van der Waals surface area contributed by atoms with Crippen molar-refractivity contribution in [2.45, 2.75) is 26.1 Å². The lowest BCUT2D eigenvalue weighted by atomic mass is 9.98. The second-order valence-electron chi connectivity index (χ2n) is 3.75. The van der Waals surface area contributed by atoms with Crippen LogP contribution in [0.15, 0.2) is 12.1 Å². The maximum absolute atomic E-state index is 9.86. The molecule has 0 aromatic heterocycles. The van der Waals surface area contributed by atoms with E-state index in [4.69, 9.17) is 5.73 Å². The van der Waals surface area contributed by atoms with Crippen LogP contribution in [0.1, 0.15) is 22.8 Å². The first-order valence-corrected chi connectivity index (χ1v) is 5.88. The zero-order valence-corrected chi connectivity index (χ0v) is 10.5. The van der Waals surface area contributed by atoms with E-state index in [-0.39, 0.29) is 0 Å². The Hall–Kier alpha value is -0.580. The van der Waals surface area contributed by atoms with E-state index in [1.807, 2.05) is 19.9 Å². The van der Waals surface area contributed by atoms with Crippen LogP contribution in [0.3, 0.4) is 0 Å². The van der Waals surface area contributed by atoms with E-state index in [2.05, 4.69) is 15.9 Å². The summed E-state index contributed by atoms with van der Waals surface area (Å²) < 4.78 is 0. The Bertz CT molecular complexity index is 355. The van der Waals surface area contributed by atoms with E-state index in [0.29, 0.717) is 16.6 Å². The Morgan fingerprint density at radius 3 is 2.47 bits per heavy atom. The summed E-state index contributed by atoms with van der Waals surface area (Å²) in [4.78, 5) is 0. The number of rotatable bonds is 3. The van der Waals surface area contributed by atoms with E-state index in [1.54, 1.807) is 6.07 Å². The first-order valence-electron chi connectivity index (χ1n) is 4.76. The smallest absolute Gasteiger partial charge is 0.108 e. The second kappa shape index (κ2) is 4.96. The van der Waals surface area contributed by atoms with Crippen molar-refractivity contribution in [1.29, 1.82) is 0 Å². The lowest BCUT2D eigenvalue weighted by molar-refractivity contribution is 0.0347. The third-order valence-electron chi connectivity index (χ3n) is 2.40. The number of benzene rings is 1. The number of aryl methyl sites for hydroxylation is 2. The minimum absolute atomic E-state index is 0.320. The number of aliphatic hydroxyl groups is 2. The molecule has 0 heterocycles. The fourth-order valence-corrected chi connectivity index (χ4v) is 1.90. The number of hydrogen-bond donors (Lipinski definition) is 3. The summed E-state index contributed by atoms with van der Waals surface area (Å²) in [5.74, 6) is 0. The minimum atomic E-state index is -0.942. The van der Waals surface area contributed by atoms with Gasteiger partial charge >= 0.3 is 0 Å². The predicted octanol–water partition coefficient (Wildman–Crippen LogP) is 1.67. The van der Waals surface area contributed by atoms with Crippen molar-refractivity contribution in [2.75, 3.05) is 11.1 Å². The molecule has 0 aliphatic rings. The number of anilines is 1. The van der Waals surface area contributed by atoms with Gasteiger partial charge in [-0.05, 0) is 19.4 Å². The van der Waals surface area contributed by atoms with Crippen LogP contribution in [0.4, 0.5) is 5.69 Å². The van der Waals surface area contributed by atoms with E-state index < -0.39 is 12.2 Å². The van der Waals surface area contributed by atoms with Crippen molar-refractivity contribution >= 4 is 21.6 Å². The first kappa shape index (κ1) is 12.5. The molecule has 84 valence electrons. The fraction of sp³-hybridized carbons (Fsp3) is 0.455. The molecule has 0 fully saturated rings. The monoisotopic (exact) mass is 273 g/mol. The molecule has 1 aromatic rings. The van der Waals surface area contributed by atoms with Crippen LogP contribution in [0.25, 0.3) is 0 Å². The molecule has 4 heteroatoms. The van der Waals surface area contributed by atoms with Gasteiger partial charge in [0.2, 0.25) is 0 Å². The van der Waals surface area contributed by atoms with E-state index in [0.717, 1.165) is 11.1 Å². The average molecular weight is 274 g/mol. The van der Waals surface area contributed by atoms with Crippen molar-refractivity contribution in [3.05, 3.63) is 28.8 Å². The third-order valence-corrected chi connectivity index (χ3v) is 3.07. The highest BCUT2D eigenvalue weighted by Gasteiger charge is 2.20. The van der Waals surface area contributed by atoms with Gasteiger partial charge in [-0.2, -0.15) is 0 Å². The van der Waals surface area contributed by atoms with Gasteiger partial charge in [-0.25, -0.2) is 0 Å². The summed E-state index contributed by atoms with van der Waals surface area (Å²) in [6.07, 6.45) is -1.78. The largest absolute Gasteiger partial charge is 0.398 e. The van der Waals surface area contributed by atoms with E-state index >= 15 is 0 Å². The third kappa shape index (κ3) is 2.71. The van der Waals surface area contributed by atoms with Crippen molar-refractivity contribution in [2.24, 2.45) is 0 Å². The van der Waals surface area contributed by atoms with Crippen LogP contribution >= 0.6 is 15.9 Å². The molecule has 2 unspecified atom stereocenters. The van der Waals surface area contributed by atoms with Crippen LogP contribution in [0.5, 0.6) is 0 Å². The van der Waals surface area contributed by atoms with Gasteiger partial charge in [-0.3, -0.25) is 0 Å². The Labute approximate surface area is 98.1 Å². The van der Waals surface area contributed by atoms with Gasteiger partial charge in [0.15, 0.2) is 0 Å². The number of nitrogen functional groups attached to an aromatic ring is 1. The summed E-state index contributed by atoms with van der Waals surface area (Å²) in [7, 11) is 0. The van der Waals surface area contributed by atoms with Crippen LogP contribution in [0.2, 0.25) is 0 Å². The molecule has 0 amide bonds. The number of alkyl halides is 1. The van der Waals surface area contributed by atoms with Gasteiger partial charge in [0.1, 0.15) is 6.10 Å². The first-order chi connectivity index (χ1) is 6.97. The molecule has 0 radical (unpaired) electrons. The molecular weight excluding hydrogens is 258 g/mol. The van der Waals surface area contributed by atoms with E-state index in [9.17, 15) is 10.2 Å². The molecule has 3 nitrogen and oxygen atoms in total. The summed E-state index contributed by atoms with van der Waals surface area (Å²) in [5.41, 5.74) is 8.95. The van der Waals surface area contributed by atoms with Gasteiger partial charge in [0.05, 0.1) is 6.10 Å². The van der Waals surface area contributed by atoms with Gasteiger partial charge in [-0.15, -0.1) is 0 Å². The Kier molecular flexibility index (Phi) is 4.13. The molecular formula is C11H16BrNO2. The van der Waals surface area contributed by atoms with Crippen LogP contribution < -0.4 is 5.73 Å². The molecule has 0 spiro atoms. The number of hydrogen-bond acceptors (Lipinski definition) is 3. The maximum atomic E-state index is 9.86. The fourth-order valence-electron chi connectivity index (χ4n) is 1.55. The average Bonchev–Trinajstić information content (AvgIpc) is 2.21. The Morgan fingerprint density at radius 1 is 1.33 bits per heavy atom. The molecule has 0 saturated heterocycles. The molecule has 1 aromatic carbocycles. The van der Waals surface area contributed by atoms with Crippen LogP contribution in [0, 0.1) is 13.8 Å². The zero-order valence-electron chi connectivity index (χ0n) is 8.87. The molecule has 0 bridgehead atoms.